The number of nitrogens with one attached hydrogen (secondary N) is 2. The number of thiocarbonyl (C=S) groups is 1. The van der Waals surface area contributed by atoms with Crippen molar-refractivity contribution in [3.63, 3.8) is 0 Å². The third kappa shape index (κ3) is 5.23. The lowest BCUT2D eigenvalue weighted by molar-refractivity contribution is -0.119. The van der Waals surface area contributed by atoms with Crippen molar-refractivity contribution in [3.05, 3.63) is 108 Å². The molecule has 0 aliphatic carbocycles. The van der Waals surface area contributed by atoms with Gasteiger partial charge < -0.3 is 24.8 Å². The fraction of sp³-hybridized carbons (Fsp3) is 0.214. The molecule has 1 fully saturated rings. The summed E-state index contributed by atoms with van der Waals surface area (Å²) in [5.74, 6) is -0.197. The molecular formula is C28H28N6O2S. The number of aryl methyl sites for hydroxylation is 1. The molecule has 188 valence electrons. The Bertz CT molecular complexity index is 1390. The average molecular weight is 513 g/mol. The van der Waals surface area contributed by atoms with Crippen LogP contribution in [0.3, 0.4) is 0 Å². The molecule has 37 heavy (non-hydrogen) atoms. The molecule has 5 rings (SSSR count). The van der Waals surface area contributed by atoms with Gasteiger partial charge in [0.15, 0.2) is 5.11 Å². The number of hydrogen-bond donors (Lipinski definition) is 2. The van der Waals surface area contributed by atoms with Gasteiger partial charge in [-0.2, -0.15) is 0 Å². The van der Waals surface area contributed by atoms with E-state index in [1.165, 1.54) is 7.11 Å². The average Bonchev–Trinajstić information content (AvgIpc) is 3.50. The standard InChI is InChI=1S/C28H28N6O2S/c1-19-16-21(11-12-22(19)31-25(35)18-36-2)34-27(26(32-28(34)37)23-9-4-6-14-30-23)24-10-7-15-33(24)17-20-8-3-5-13-29-20/h3-16,26-27H,17-18H2,1-2H3,(H,31,35)(H,32,37). The molecule has 2 N–H and O–H groups in total. The van der Waals surface area contributed by atoms with Crippen molar-refractivity contribution < 1.29 is 9.53 Å². The number of carbonyl (C=O) groups is 1. The van der Waals surface area contributed by atoms with E-state index >= 15 is 0 Å². The molecular weight excluding hydrogens is 484 g/mol. The molecule has 1 aromatic carbocycles. The van der Waals surface area contributed by atoms with E-state index < -0.39 is 0 Å². The number of nitrogens with zero attached hydrogens (tertiary/aromatic N) is 4. The fourth-order valence-electron chi connectivity index (χ4n) is 4.69. The Balaban J connectivity index is 1.54. The van der Waals surface area contributed by atoms with E-state index in [2.05, 4.69) is 42.3 Å². The van der Waals surface area contributed by atoms with Crippen LogP contribution < -0.4 is 15.5 Å². The van der Waals surface area contributed by atoms with Gasteiger partial charge in [0.25, 0.3) is 0 Å². The minimum atomic E-state index is -0.197. The second-order valence-electron chi connectivity index (χ2n) is 8.86. The summed E-state index contributed by atoms with van der Waals surface area (Å²) in [6, 6.07) is 21.6. The third-order valence-electron chi connectivity index (χ3n) is 6.36. The lowest BCUT2D eigenvalue weighted by atomic mass is 10.0. The van der Waals surface area contributed by atoms with Gasteiger partial charge in [0.1, 0.15) is 12.6 Å². The van der Waals surface area contributed by atoms with Crippen LogP contribution in [0.4, 0.5) is 11.4 Å². The van der Waals surface area contributed by atoms with E-state index in [9.17, 15) is 4.79 Å². The monoisotopic (exact) mass is 512 g/mol. The van der Waals surface area contributed by atoms with Crippen LogP contribution >= 0.6 is 12.2 Å². The van der Waals surface area contributed by atoms with Gasteiger partial charge in [-0.25, -0.2) is 0 Å². The first-order valence-electron chi connectivity index (χ1n) is 12.0. The number of pyridine rings is 2. The second kappa shape index (κ2) is 10.9. The molecule has 8 nitrogen and oxygen atoms in total. The Hall–Kier alpha value is -4.08. The summed E-state index contributed by atoms with van der Waals surface area (Å²) in [4.78, 5) is 23.4. The molecule has 0 spiro atoms. The lowest BCUT2D eigenvalue weighted by Crippen LogP contribution is -2.30. The van der Waals surface area contributed by atoms with E-state index in [1.807, 2.05) is 73.8 Å². The van der Waals surface area contributed by atoms with Crippen LogP contribution in [0.2, 0.25) is 0 Å². The highest BCUT2D eigenvalue weighted by Gasteiger charge is 2.42. The number of hydrogen-bond acceptors (Lipinski definition) is 5. The van der Waals surface area contributed by atoms with E-state index in [4.69, 9.17) is 17.0 Å². The lowest BCUT2D eigenvalue weighted by Gasteiger charge is -2.29. The van der Waals surface area contributed by atoms with Crippen LogP contribution in [-0.4, -0.2) is 39.3 Å². The highest BCUT2D eigenvalue weighted by Crippen LogP contribution is 2.42. The Morgan fingerprint density at radius 2 is 1.89 bits per heavy atom. The molecule has 1 aliphatic heterocycles. The molecule has 4 heterocycles. The van der Waals surface area contributed by atoms with Crippen molar-refractivity contribution in [2.45, 2.75) is 25.6 Å². The summed E-state index contributed by atoms with van der Waals surface area (Å²) in [6.45, 7) is 2.61. The number of rotatable bonds is 8. The van der Waals surface area contributed by atoms with Crippen LogP contribution in [-0.2, 0) is 16.1 Å². The number of aromatic nitrogens is 3. The van der Waals surface area contributed by atoms with Crippen LogP contribution in [0.1, 0.15) is 34.7 Å². The normalized spacial score (nSPS) is 17.0. The largest absolute Gasteiger partial charge is 0.375 e. The molecule has 1 amide bonds. The molecule has 3 aromatic heterocycles. The molecule has 2 unspecified atom stereocenters. The van der Waals surface area contributed by atoms with Crippen molar-refractivity contribution in [3.8, 4) is 0 Å². The van der Waals surface area contributed by atoms with Crippen molar-refractivity contribution >= 4 is 34.6 Å². The Labute approximate surface area is 221 Å². The van der Waals surface area contributed by atoms with E-state index in [1.54, 1.807) is 6.20 Å². The van der Waals surface area contributed by atoms with Gasteiger partial charge in [-0.05, 0) is 79.3 Å². The summed E-state index contributed by atoms with van der Waals surface area (Å²) in [6.07, 6.45) is 5.68. The van der Waals surface area contributed by atoms with Gasteiger partial charge >= 0.3 is 0 Å². The number of carbonyl (C=O) groups excluding carboxylic acids is 1. The van der Waals surface area contributed by atoms with Gasteiger partial charge in [-0.3, -0.25) is 14.8 Å². The smallest absolute Gasteiger partial charge is 0.250 e. The second-order valence-corrected chi connectivity index (χ2v) is 9.25. The van der Waals surface area contributed by atoms with Crippen LogP contribution in [0, 0.1) is 6.92 Å². The molecule has 4 aromatic rings. The molecule has 0 bridgehead atoms. The summed E-state index contributed by atoms with van der Waals surface area (Å²) >= 11 is 5.88. The molecule has 0 radical (unpaired) electrons. The minimum absolute atomic E-state index is 0.00239. The van der Waals surface area contributed by atoms with Gasteiger partial charge in [-0.15, -0.1) is 0 Å². The fourth-order valence-corrected chi connectivity index (χ4v) is 5.04. The SMILES string of the molecule is COCC(=O)Nc1ccc(N2C(=S)NC(c3ccccn3)C2c2cccn2Cc2ccccn2)cc1C. The van der Waals surface area contributed by atoms with Gasteiger partial charge in [0.05, 0.1) is 24.0 Å². The van der Waals surface area contributed by atoms with Crippen LogP contribution in [0.15, 0.2) is 85.3 Å². The number of methoxy groups -OCH3 is 1. The first-order chi connectivity index (χ1) is 18.0. The molecule has 9 heteroatoms. The minimum Gasteiger partial charge on any atom is -0.375 e. The first kappa shape index (κ1) is 24.6. The molecule has 2 atom stereocenters. The number of benzene rings is 1. The summed E-state index contributed by atoms with van der Waals surface area (Å²) in [5.41, 5.74) is 5.55. The van der Waals surface area contributed by atoms with Gasteiger partial charge in [0.2, 0.25) is 5.91 Å². The zero-order valence-corrected chi connectivity index (χ0v) is 21.5. The highest BCUT2D eigenvalue weighted by atomic mass is 32.1. The summed E-state index contributed by atoms with van der Waals surface area (Å²) < 4.78 is 7.15. The summed E-state index contributed by atoms with van der Waals surface area (Å²) in [7, 11) is 1.50. The number of amides is 1. The highest BCUT2D eigenvalue weighted by molar-refractivity contribution is 7.80. The van der Waals surface area contributed by atoms with Crippen LogP contribution in [0.5, 0.6) is 0 Å². The Kier molecular flexibility index (Phi) is 7.25. The zero-order chi connectivity index (χ0) is 25.8. The van der Waals surface area contributed by atoms with Crippen molar-refractivity contribution in [1.29, 1.82) is 0 Å². The van der Waals surface area contributed by atoms with E-state index in [0.717, 1.165) is 34.0 Å². The first-order valence-corrected chi connectivity index (χ1v) is 12.4. The predicted molar refractivity (Wildman–Crippen MR) is 147 cm³/mol. The maximum absolute atomic E-state index is 12.1. The van der Waals surface area contributed by atoms with Crippen molar-refractivity contribution in [2.75, 3.05) is 23.9 Å². The Morgan fingerprint density at radius 1 is 1.08 bits per heavy atom. The molecule has 1 aliphatic rings. The van der Waals surface area contributed by atoms with Gasteiger partial charge in [-0.1, -0.05) is 12.1 Å². The van der Waals surface area contributed by atoms with Crippen LogP contribution in [0.25, 0.3) is 0 Å². The zero-order valence-electron chi connectivity index (χ0n) is 20.7. The third-order valence-corrected chi connectivity index (χ3v) is 6.68. The molecule has 0 saturated carbocycles. The van der Waals surface area contributed by atoms with Gasteiger partial charge in [0, 0.05) is 42.8 Å². The van der Waals surface area contributed by atoms with E-state index in [0.29, 0.717) is 11.7 Å². The maximum atomic E-state index is 12.1. The topological polar surface area (TPSA) is 84.3 Å². The maximum Gasteiger partial charge on any atom is 0.250 e. The molecule has 1 saturated heterocycles. The van der Waals surface area contributed by atoms with E-state index in [-0.39, 0.29) is 24.6 Å². The quantitative estimate of drug-likeness (QED) is 0.339. The Morgan fingerprint density at radius 3 is 2.59 bits per heavy atom. The number of ether oxygens (including phenoxy) is 1. The van der Waals surface area contributed by atoms with Crippen molar-refractivity contribution in [2.24, 2.45) is 0 Å². The predicted octanol–water partition coefficient (Wildman–Crippen LogP) is 4.40. The number of anilines is 2. The van der Waals surface area contributed by atoms with Crippen molar-refractivity contribution in [1.82, 2.24) is 19.9 Å². The summed E-state index contributed by atoms with van der Waals surface area (Å²) in [5, 5.41) is 7.02.